The molecule has 3 rings (SSSR count). The lowest BCUT2D eigenvalue weighted by Gasteiger charge is -2.03. The number of nitrogens with zero attached hydrogens (tertiary/aromatic N) is 3. The maximum absolute atomic E-state index is 11.0. The molecule has 0 atom stereocenters. The monoisotopic (exact) mass is 407 g/mol. The Balaban J connectivity index is 2.07. The highest BCUT2D eigenvalue weighted by Crippen LogP contribution is 2.40. The lowest BCUT2D eigenvalue weighted by atomic mass is 10.1. The maximum atomic E-state index is 11.0. The van der Waals surface area contributed by atoms with E-state index < -0.39 is 22.1 Å². The second-order valence-electron chi connectivity index (χ2n) is 4.95. The normalized spacial score (nSPS) is 10.8. The topological polar surface area (TPSA) is 109 Å². The molecule has 0 spiro atoms. The summed E-state index contributed by atoms with van der Waals surface area (Å²) in [5.74, 6) is -1.32. The van der Waals surface area contributed by atoms with Crippen molar-refractivity contribution >= 4 is 33.0 Å². The Bertz CT molecular complexity index is 958. The van der Waals surface area contributed by atoms with Gasteiger partial charge < -0.3 is 10.2 Å². The Labute approximate surface area is 148 Å². The van der Waals surface area contributed by atoms with E-state index in [4.69, 9.17) is 0 Å². The molecule has 0 unspecified atom stereocenters. The number of pyridine rings is 1. The molecule has 24 heavy (non-hydrogen) atoms. The minimum atomic E-state index is -0.760. The van der Waals surface area contributed by atoms with E-state index in [0.717, 1.165) is 11.3 Å². The molecule has 122 valence electrons. The van der Waals surface area contributed by atoms with Gasteiger partial charge in [0, 0.05) is 28.3 Å². The number of phenols is 2. The van der Waals surface area contributed by atoms with E-state index in [1.165, 1.54) is 23.5 Å². The van der Waals surface area contributed by atoms with Crippen LogP contribution in [0.5, 0.6) is 11.5 Å². The summed E-state index contributed by atoms with van der Waals surface area (Å²) in [7, 11) is 0. The molecular formula is C15H10BrN3O4S. The summed E-state index contributed by atoms with van der Waals surface area (Å²) in [6.45, 7) is 1.88. The molecule has 0 fully saturated rings. The molecule has 2 N–H and O–H groups in total. The summed E-state index contributed by atoms with van der Waals surface area (Å²) in [6.07, 6.45) is 0. The number of hydrogen-bond acceptors (Lipinski definition) is 7. The lowest BCUT2D eigenvalue weighted by molar-refractivity contribution is -0.385. The minimum Gasteiger partial charge on any atom is -0.504 e. The van der Waals surface area contributed by atoms with Crippen molar-refractivity contribution in [1.82, 2.24) is 9.97 Å². The average molecular weight is 408 g/mol. The fraction of sp³-hybridized carbons (Fsp3) is 0.0667. The maximum Gasteiger partial charge on any atom is 0.315 e. The number of aryl methyl sites for hydroxylation is 1. The number of aromatic nitrogens is 2. The number of nitro benzene ring substituents is 1. The van der Waals surface area contributed by atoms with Gasteiger partial charge in [0.25, 0.3) is 0 Å². The van der Waals surface area contributed by atoms with Gasteiger partial charge >= 0.3 is 5.69 Å². The fourth-order valence-corrected chi connectivity index (χ4v) is 3.69. The van der Waals surface area contributed by atoms with E-state index in [1.807, 2.05) is 19.1 Å². The molecule has 7 nitrogen and oxygen atoms in total. The van der Waals surface area contributed by atoms with Crippen molar-refractivity contribution in [3.8, 4) is 33.3 Å². The molecule has 1 aromatic carbocycles. The van der Waals surface area contributed by atoms with E-state index in [-0.39, 0.29) is 0 Å². The molecule has 0 saturated carbocycles. The molecule has 2 aromatic heterocycles. The van der Waals surface area contributed by atoms with Crippen LogP contribution in [0.4, 0.5) is 5.69 Å². The van der Waals surface area contributed by atoms with Gasteiger partial charge in [0.1, 0.15) is 9.61 Å². The molecule has 0 aliphatic rings. The number of thiazole rings is 1. The Kier molecular flexibility index (Phi) is 4.20. The number of phenolic OH excluding ortho intramolecular Hbond substituents is 2. The number of aromatic hydroxyl groups is 2. The van der Waals surface area contributed by atoms with E-state index in [1.54, 1.807) is 5.38 Å². The summed E-state index contributed by atoms with van der Waals surface area (Å²) in [4.78, 5) is 19.0. The van der Waals surface area contributed by atoms with Gasteiger partial charge in [-0.2, -0.15) is 0 Å². The van der Waals surface area contributed by atoms with Crippen LogP contribution < -0.4 is 0 Å². The van der Waals surface area contributed by atoms with Crippen LogP contribution in [0.3, 0.4) is 0 Å². The van der Waals surface area contributed by atoms with Gasteiger partial charge in [-0.1, -0.05) is 0 Å². The Morgan fingerprint density at radius 1 is 1.25 bits per heavy atom. The summed E-state index contributed by atoms with van der Waals surface area (Å²) >= 11 is 4.74. The standard InChI is InChI=1S/C15H10BrN3O4S/c1-7-2-3-9(14(16)17-7)15-18-10(6-24-15)8-4-11(19(22)23)13(21)12(20)5-8/h2-6,20-21H,1H3. The molecule has 0 bridgehead atoms. The lowest BCUT2D eigenvalue weighted by Crippen LogP contribution is -1.90. The molecule has 0 aliphatic heterocycles. The number of benzene rings is 1. The number of nitro groups is 1. The number of hydrogen-bond donors (Lipinski definition) is 2. The number of halogens is 1. The molecule has 3 aromatic rings. The smallest absolute Gasteiger partial charge is 0.315 e. The first-order chi connectivity index (χ1) is 11.4. The van der Waals surface area contributed by atoms with E-state index in [9.17, 15) is 20.3 Å². The van der Waals surface area contributed by atoms with Crippen LogP contribution in [0.1, 0.15) is 5.69 Å². The van der Waals surface area contributed by atoms with E-state index >= 15 is 0 Å². The van der Waals surface area contributed by atoms with Gasteiger partial charge in [-0.05, 0) is 41.1 Å². The van der Waals surface area contributed by atoms with Gasteiger partial charge in [-0.25, -0.2) is 9.97 Å². The summed E-state index contributed by atoms with van der Waals surface area (Å²) < 4.78 is 0.655. The highest BCUT2D eigenvalue weighted by molar-refractivity contribution is 9.10. The van der Waals surface area contributed by atoms with Crippen LogP contribution in [0.15, 0.2) is 34.2 Å². The zero-order valence-electron chi connectivity index (χ0n) is 12.2. The van der Waals surface area contributed by atoms with E-state index in [2.05, 4.69) is 25.9 Å². The van der Waals surface area contributed by atoms with Crippen molar-refractivity contribution in [3.05, 3.63) is 50.1 Å². The first kappa shape index (κ1) is 16.3. The first-order valence-electron chi connectivity index (χ1n) is 6.66. The third kappa shape index (κ3) is 2.95. The largest absolute Gasteiger partial charge is 0.504 e. The van der Waals surface area contributed by atoms with Crippen LogP contribution in [-0.2, 0) is 0 Å². The minimum absolute atomic E-state index is 0.343. The Morgan fingerprint density at radius 2 is 2.00 bits per heavy atom. The van der Waals surface area contributed by atoms with Gasteiger partial charge in [0.05, 0.1) is 10.6 Å². The summed E-state index contributed by atoms with van der Waals surface area (Å²) in [5, 5.41) is 32.6. The van der Waals surface area contributed by atoms with Crippen LogP contribution in [0.25, 0.3) is 21.8 Å². The second kappa shape index (κ2) is 6.17. The van der Waals surface area contributed by atoms with Crippen LogP contribution >= 0.6 is 27.3 Å². The molecule has 0 saturated heterocycles. The van der Waals surface area contributed by atoms with Crippen LogP contribution in [0, 0.1) is 17.0 Å². The van der Waals surface area contributed by atoms with Crippen molar-refractivity contribution in [2.75, 3.05) is 0 Å². The first-order valence-corrected chi connectivity index (χ1v) is 8.34. The molecule has 0 radical (unpaired) electrons. The summed E-state index contributed by atoms with van der Waals surface area (Å²) in [6, 6.07) is 6.16. The zero-order valence-corrected chi connectivity index (χ0v) is 14.6. The highest BCUT2D eigenvalue weighted by atomic mass is 79.9. The van der Waals surface area contributed by atoms with Gasteiger partial charge in [0.15, 0.2) is 5.75 Å². The summed E-state index contributed by atoms with van der Waals surface area (Å²) in [5.41, 5.74) is 1.89. The van der Waals surface area contributed by atoms with Crippen molar-refractivity contribution in [3.63, 3.8) is 0 Å². The predicted molar refractivity (Wildman–Crippen MR) is 93.2 cm³/mol. The van der Waals surface area contributed by atoms with Crippen molar-refractivity contribution in [2.24, 2.45) is 0 Å². The zero-order chi connectivity index (χ0) is 17.4. The fourth-order valence-electron chi connectivity index (χ4n) is 2.11. The van der Waals surface area contributed by atoms with Crippen molar-refractivity contribution in [2.45, 2.75) is 6.92 Å². The SMILES string of the molecule is Cc1ccc(-c2nc(-c3cc(O)c(O)c([N+](=O)[O-])c3)cs2)c(Br)n1. The molecule has 0 amide bonds. The highest BCUT2D eigenvalue weighted by Gasteiger charge is 2.21. The number of rotatable bonds is 3. The van der Waals surface area contributed by atoms with Crippen LogP contribution in [0.2, 0.25) is 0 Å². The van der Waals surface area contributed by atoms with Gasteiger partial charge in [0.2, 0.25) is 5.75 Å². The third-order valence-corrected chi connectivity index (χ3v) is 4.76. The molecule has 2 heterocycles. The predicted octanol–water partition coefficient (Wildman–Crippen LogP) is 4.26. The van der Waals surface area contributed by atoms with Crippen molar-refractivity contribution in [1.29, 1.82) is 0 Å². The van der Waals surface area contributed by atoms with Gasteiger partial charge in [-0.15, -0.1) is 11.3 Å². The third-order valence-electron chi connectivity index (χ3n) is 3.28. The second-order valence-corrected chi connectivity index (χ2v) is 6.56. The molecule has 9 heteroatoms. The average Bonchev–Trinajstić information content (AvgIpc) is 2.99. The Hall–Kier alpha value is -2.52. The van der Waals surface area contributed by atoms with Crippen molar-refractivity contribution < 1.29 is 15.1 Å². The molecular weight excluding hydrogens is 398 g/mol. The van der Waals surface area contributed by atoms with Gasteiger partial charge in [-0.3, -0.25) is 10.1 Å². The molecule has 0 aliphatic carbocycles. The van der Waals surface area contributed by atoms with Crippen LogP contribution in [-0.4, -0.2) is 25.1 Å². The quantitative estimate of drug-likeness (QED) is 0.290. The Morgan fingerprint density at radius 3 is 2.67 bits per heavy atom. The van der Waals surface area contributed by atoms with E-state index in [0.29, 0.717) is 20.9 Å².